The van der Waals surface area contributed by atoms with Crippen LogP contribution in [0.5, 0.6) is 0 Å². The van der Waals surface area contributed by atoms with Crippen molar-refractivity contribution in [2.45, 2.75) is 58.9 Å². The van der Waals surface area contributed by atoms with Crippen LogP contribution in [-0.4, -0.2) is 17.2 Å². The quantitative estimate of drug-likeness (QED) is 0.807. The number of aryl methyl sites for hydroxylation is 1. The van der Waals surface area contributed by atoms with Gasteiger partial charge in [-0.05, 0) is 32.8 Å². The largest absolute Gasteiger partial charge is 0.351 e. The Bertz CT molecular complexity index is 455. The molecule has 0 aliphatic carbocycles. The van der Waals surface area contributed by atoms with Gasteiger partial charge in [0.25, 0.3) is 0 Å². The first-order chi connectivity index (χ1) is 9.31. The van der Waals surface area contributed by atoms with Gasteiger partial charge in [-0.1, -0.05) is 37.6 Å². The summed E-state index contributed by atoms with van der Waals surface area (Å²) in [6.45, 7) is 7.92. The van der Waals surface area contributed by atoms with Gasteiger partial charge in [-0.25, -0.2) is 0 Å². The molecule has 110 valence electrons. The molecule has 0 aliphatic heterocycles. The zero-order valence-electron chi connectivity index (χ0n) is 13.0. The van der Waals surface area contributed by atoms with Crippen LogP contribution in [0.3, 0.4) is 0 Å². The minimum Gasteiger partial charge on any atom is -0.351 e. The van der Waals surface area contributed by atoms with E-state index in [9.17, 15) is 9.59 Å². The second kappa shape index (κ2) is 7.22. The molecule has 3 heteroatoms. The molecule has 0 radical (unpaired) electrons. The first-order valence-corrected chi connectivity index (χ1v) is 7.25. The summed E-state index contributed by atoms with van der Waals surface area (Å²) < 4.78 is 0. The van der Waals surface area contributed by atoms with Gasteiger partial charge in [-0.2, -0.15) is 0 Å². The standard InChI is InChI=1S/C17H25NO2/c1-5-6-13-7-9-14(10-8-13)15(19)11-12-16(20)18-17(2,3)4/h7-10H,5-6,11-12H2,1-4H3,(H,18,20). The number of carbonyl (C=O) groups excluding carboxylic acids is 2. The molecular weight excluding hydrogens is 250 g/mol. The Labute approximate surface area is 121 Å². The Balaban J connectivity index is 2.48. The first-order valence-electron chi connectivity index (χ1n) is 7.25. The number of hydrogen-bond acceptors (Lipinski definition) is 2. The smallest absolute Gasteiger partial charge is 0.220 e. The molecule has 0 spiro atoms. The normalized spacial score (nSPS) is 11.2. The van der Waals surface area contributed by atoms with E-state index in [-0.39, 0.29) is 30.1 Å². The number of carbonyl (C=O) groups is 2. The summed E-state index contributed by atoms with van der Waals surface area (Å²) >= 11 is 0. The van der Waals surface area contributed by atoms with Crippen LogP contribution in [0.25, 0.3) is 0 Å². The van der Waals surface area contributed by atoms with Gasteiger partial charge in [0.05, 0.1) is 0 Å². The number of Topliss-reactive ketones (excluding diaryl/α,β-unsaturated/α-hetero) is 1. The number of benzene rings is 1. The monoisotopic (exact) mass is 275 g/mol. The minimum absolute atomic E-state index is 0.0251. The molecule has 0 bridgehead atoms. The highest BCUT2D eigenvalue weighted by molar-refractivity contribution is 5.98. The minimum atomic E-state index is -0.248. The number of nitrogens with one attached hydrogen (secondary N) is 1. The fraction of sp³-hybridized carbons (Fsp3) is 0.529. The molecule has 1 N–H and O–H groups in total. The van der Waals surface area contributed by atoms with E-state index >= 15 is 0 Å². The Morgan fingerprint density at radius 2 is 1.65 bits per heavy atom. The van der Waals surface area contributed by atoms with Crippen LogP contribution >= 0.6 is 0 Å². The third-order valence-corrected chi connectivity index (χ3v) is 2.91. The lowest BCUT2D eigenvalue weighted by Gasteiger charge is -2.20. The van der Waals surface area contributed by atoms with Crippen LogP contribution in [0.1, 0.15) is 62.9 Å². The molecule has 1 rings (SSSR count). The average molecular weight is 275 g/mol. The molecule has 0 saturated carbocycles. The van der Waals surface area contributed by atoms with Crippen molar-refractivity contribution in [3.05, 3.63) is 35.4 Å². The molecule has 3 nitrogen and oxygen atoms in total. The Morgan fingerprint density at radius 3 is 2.15 bits per heavy atom. The van der Waals surface area contributed by atoms with E-state index in [0.29, 0.717) is 5.56 Å². The van der Waals surface area contributed by atoms with E-state index in [1.807, 2.05) is 45.0 Å². The molecule has 20 heavy (non-hydrogen) atoms. The lowest BCUT2D eigenvalue weighted by molar-refractivity contribution is -0.122. The Hall–Kier alpha value is -1.64. The van der Waals surface area contributed by atoms with Gasteiger partial charge in [-0.15, -0.1) is 0 Å². The summed E-state index contributed by atoms with van der Waals surface area (Å²) in [6, 6.07) is 7.70. The molecule has 1 aromatic rings. The summed E-state index contributed by atoms with van der Waals surface area (Å²) in [5.74, 6) is -0.0504. The van der Waals surface area contributed by atoms with Crippen molar-refractivity contribution in [2.24, 2.45) is 0 Å². The molecule has 0 unspecified atom stereocenters. The topological polar surface area (TPSA) is 46.2 Å². The van der Waals surface area contributed by atoms with Crippen LogP contribution < -0.4 is 5.32 Å². The van der Waals surface area contributed by atoms with Gasteiger partial charge in [0.15, 0.2) is 5.78 Å². The summed E-state index contributed by atoms with van der Waals surface area (Å²) in [7, 11) is 0. The van der Waals surface area contributed by atoms with Gasteiger partial charge in [-0.3, -0.25) is 9.59 Å². The van der Waals surface area contributed by atoms with E-state index < -0.39 is 0 Å². The number of ketones is 1. The molecule has 0 saturated heterocycles. The van der Waals surface area contributed by atoms with Crippen molar-refractivity contribution in [2.75, 3.05) is 0 Å². The second-order valence-electron chi connectivity index (χ2n) is 6.17. The van der Waals surface area contributed by atoms with Crippen molar-refractivity contribution in [3.8, 4) is 0 Å². The van der Waals surface area contributed by atoms with E-state index in [1.165, 1.54) is 5.56 Å². The van der Waals surface area contributed by atoms with Crippen molar-refractivity contribution >= 4 is 11.7 Å². The molecular formula is C17H25NO2. The number of rotatable bonds is 6. The van der Waals surface area contributed by atoms with Gasteiger partial charge < -0.3 is 5.32 Å². The maximum Gasteiger partial charge on any atom is 0.220 e. The maximum absolute atomic E-state index is 12.0. The maximum atomic E-state index is 12.0. The summed E-state index contributed by atoms with van der Waals surface area (Å²) in [5.41, 5.74) is 1.69. The lowest BCUT2D eigenvalue weighted by Crippen LogP contribution is -2.40. The first kappa shape index (κ1) is 16.4. The highest BCUT2D eigenvalue weighted by atomic mass is 16.2. The summed E-state index contributed by atoms with van der Waals surface area (Å²) in [4.78, 5) is 23.7. The third kappa shape index (κ3) is 6.00. The zero-order valence-corrected chi connectivity index (χ0v) is 13.0. The molecule has 0 fully saturated rings. The lowest BCUT2D eigenvalue weighted by atomic mass is 10.0. The highest BCUT2D eigenvalue weighted by Crippen LogP contribution is 2.10. The van der Waals surface area contributed by atoms with Crippen LogP contribution in [0, 0.1) is 0 Å². The number of hydrogen-bond donors (Lipinski definition) is 1. The molecule has 0 atom stereocenters. The van der Waals surface area contributed by atoms with Crippen molar-refractivity contribution in [1.29, 1.82) is 0 Å². The molecule has 0 aliphatic rings. The van der Waals surface area contributed by atoms with Gasteiger partial charge in [0.2, 0.25) is 5.91 Å². The third-order valence-electron chi connectivity index (χ3n) is 2.91. The van der Waals surface area contributed by atoms with Crippen molar-refractivity contribution in [1.82, 2.24) is 5.32 Å². The van der Waals surface area contributed by atoms with Crippen molar-refractivity contribution < 1.29 is 9.59 Å². The van der Waals surface area contributed by atoms with Crippen LogP contribution in [0.2, 0.25) is 0 Å². The number of amides is 1. The van der Waals surface area contributed by atoms with Gasteiger partial charge in [0.1, 0.15) is 0 Å². The van der Waals surface area contributed by atoms with E-state index in [4.69, 9.17) is 0 Å². The zero-order chi connectivity index (χ0) is 15.2. The highest BCUT2D eigenvalue weighted by Gasteiger charge is 2.15. The van der Waals surface area contributed by atoms with E-state index in [2.05, 4.69) is 12.2 Å². The Morgan fingerprint density at radius 1 is 1.05 bits per heavy atom. The van der Waals surface area contributed by atoms with Crippen LogP contribution in [0.15, 0.2) is 24.3 Å². The predicted octanol–water partition coefficient (Wildman–Crippen LogP) is 3.52. The second-order valence-corrected chi connectivity index (χ2v) is 6.17. The predicted molar refractivity (Wildman–Crippen MR) is 81.9 cm³/mol. The van der Waals surface area contributed by atoms with E-state index in [1.54, 1.807) is 0 Å². The average Bonchev–Trinajstić information content (AvgIpc) is 2.35. The van der Waals surface area contributed by atoms with Crippen LogP contribution in [0.4, 0.5) is 0 Å². The molecule has 0 heterocycles. The van der Waals surface area contributed by atoms with Gasteiger partial charge >= 0.3 is 0 Å². The molecule has 1 amide bonds. The molecule has 0 aromatic heterocycles. The fourth-order valence-electron chi connectivity index (χ4n) is 2.00. The van der Waals surface area contributed by atoms with Crippen molar-refractivity contribution in [3.63, 3.8) is 0 Å². The van der Waals surface area contributed by atoms with Gasteiger partial charge in [0, 0.05) is 23.9 Å². The fourth-order valence-corrected chi connectivity index (χ4v) is 2.00. The summed E-state index contributed by atoms with van der Waals surface area (Å²) in [5, 5.41) is 2.86. The van der Waals surface area contributed by atoms with E-state index in [0.717, 1.165) is 12.8 Å². The molecule has 1 aromatic carbocycles. The Kier molecular flexibility index (Phi) is 5.93. The SMILES string of the molecule is CCCc1ccc(C(=O)CCC(=O)NC(C)(C)C)cc1. The van der Waals surface area contributed by atoms with Crippen LogP contribution in [-0.2, 0) is 11.2 Å². The summed E-state index contributed by atoms with van der Waals surface area (Å²) in [6.07, 6.45) is 2.63.